The number of rotatable bonds is 3. The third-order valence-corrected chi connectivity index (χ3v) is 3.45. The Morgan fingerprint density at radius 1 is 1.50 bits per heavy atom. The Morgan fingerprint density at radius 2 is 2.28 bits per heavy atom. The Bertz CT molecular complexity index is 425. The van der Waals surface area contributed by atoms with Crippen molar-refractivity contribution in [2.75, 3.05) is 6.61 Å². The van der Waals surface area contributed by atoms with Crippen molar-refractivity contribution in [3.63, 3.8) is 0 Å². The Balaban J connectivity index is 2.02. The third-order valence-electron chi connectivity index (χ3n) is 3.45. The number of carbonyl (C=O) groups excluding carboxylic acids is 1. The predicted molar refractivity (Wildman–Crippen MR) is 64.5 cm³/mol. The molecule has 0 aliphatic heterocycles. The summed E-state index contributed by atoms with van der Waals surface area (Å²) in [5.41, 5.74) is 0.268. The van der Waals surface area contributed by atoms with Crippen molar-refractivity contribution in [3.05, 3.63) is 29.8 Å². The Labute approximate surface area is 105 Å². The van der Waals surface area contributed by atoms with Crippen molar-refractivity contribution in [3.8, 4) is 0 Å². The molecule has 1 heterocycles. The molecule has 2 unspecified atom stereocenters. The van der Waals surface area contributed by atoms with Gasteiger partial charge in [-0.25, -0.2) is 4.98 Å². The number of aliphatic hydroxyl groups excluding tert-OH is 1. The summed E-state index contributed by atoms with van der Waals surface area (Å²) in [6.45, 7) is 0.0790. The van der Waals surface area contributed by atoms with Crippen LogP contribution in [-0.4, -0.2) is 28.6 Å². The fourth-order valence-electron chi connectivity index (χ4n) is 2.41. The van der Waals surface area contributed by atoms with E-state index in [9.17, 15) is 14.3 Å². The normalized spacial score (nSPS) is 23.7. The Morgan fingerprint density at radius 3 is 3.00 bits per heavy atom. The molecular weight excluding hydrogens is 235 g/mol. The number of aromatic nitrogens is 1. The van der Waals surface area contributed by atoms with E-state index in [4.69, 9.17) is 0 Å². The second kappa shape index (κ2) is 5.91. The topological polar surface area (TPSA) is 62.2 Å². The first-order chi connectivity index (χ1) is 8.70. The summed E-state index contributed by atoms with van der Waals surface area (Å²) in [4.78, 5) is 15.4. The van der Waals surface area contributed by atoms with E-state index in [0.29, 0.717) is 0 Å². The van der Waals surface area contributed by atoms with Crippen LogP contribution in [0.3, 0.4) is 0 Å². The van der Waals surface area contributed by atoms with Gasteiger partial charge in [-0.2, -0.15) is 4.39 Å². The van der Waals surface area contributed by atoms with Crippen molar-refractivity contribution in [2.24, 2.45) is 5.92 Å². The number of hydrogen-bond donors (Lipinski definition) is 2. The molecule has 1 amide bonds. The monoisotopic (exact) mass is 252 g/mol. The SMILES string of the molecule is O=C(NC1CCCCC1CO)c1ccnc(F)c1. The van der Waals surface area contributed by atoms with Crippen molar-refractivity contribution >= 4 is 5.91 Å². The number of nitrogens with zero attached hydrogens (tertiary/aromatic N) is 1. The molecule has 0 saturated heterocycles. The number of halogens is 1. The van der Waals surface area contributed by atoms with Crippen molar-refractivity contribution in [2.45, 2.75) is 31.7 Å². The molecule has 1 aromatic rings. The maximum Gasteiger partial charge on any atom is 0.251 e. The molecule has 18 heavy (non-hydrogen) atoms. The van der Waals surface area contributed by atoms with E-state index in [1.54, 1.807) is 0 Å². The van der Waals surface area contributed by atoms with Crippen LogP contribution in [0.1, 0.15) is 36.0 Å². The van der Waals surface area contributed by atoms with Gasteiger partial charge in [-0.15, -0.1) is 0 Å². The maximum atomic E-state index is 12.9. The highest BCUT2D eigenvalue weighted by Gasteiger charge is 2.26. The molecule has 0 spiro atoms. The standard InChI is InChI=1S/C13H17FN2O2/c14-12-7-9(5-6-15-12)13(18)16-11-4-2-1-3-10(11)8-17/h5-7,10-11,17H,1-4,8H2,(H,16,18). The van der Waals surface area contributed by atoms with Crippen LogP contribution in [0.4, 0.5) is 4.39 Å². The number of amides is 1. The highest BCUT2D eigenvalue weighted by atomic mass is 19.1. The largest absolute Gasteiger partial charge is 0.396 e. The Kier molecular flexibility index (Phi) is 4.25. The zero-order valence-electron chi connectivity index (χ0n) is 10.1. The van der Waals surface area contributed by atoms with Crippen LogP contribution in [0.2, 0.25) is 0 Å². The van der Waals surface area contributed by atoms with Gasteiger partial charge in [0.05, 0.1) is 0 Å². The average Bonchev–Trinajstić information content (AvgIpc) is 2.39. The molecule has 0 radical (unpaired) electrons. The van der Waals surface area contributed by atoms with Gasteiger partial charge in [0.25, 0.3) is 5.91 Å². The van der Waals surface area contributed by atoms with Gasteiger partial charge in [-0.3, -0.25) is 4.79 Å². The van der Waals surface area contributed by atoms with Gasteiger partial charge in [0, 0.05) is 36.4 Å². The number of nitrogens with one attached hydrogen (secondary N) is 1. The van der Waals surface area contributed by atoms with Crippen LogP contribution in [0.15, 0.2) is 18.3 Å². The molecule has 2 atom stereocenters. The molecule has 98 valence electrons. The first-order valence-corrected chi connectivity index (χ1v) is 6.24. The van der Waals surface area contributed by atoms with Gasteiger partial charge in [0.15, 0.2) is 0 Å². The number of aliphatic hydroxyl groups is 1. The van der Waals surface area contributed by atoms with Gasteiger partial charge in [-0.1, -0.05) is 12.8 Å². The fourth-order valence-corrected chi connectivity index (χ4v) is 2.41. The summed E-state index contributed by atoms with van der Waals surface area (Å²) < 4.78 is 12.9. The minimum atomic E-state index is -0.662. The lowest BCUT2D eigenvalue weighted by molar-refractivity contribution is 0.0872. The maximum absolute atomic E-state index is 12.9. The lowest BCUT2D eigenvalue weighted by Crippen LogP contribution is -2.43. The summed E-state index contributed by atoms with van der Waals surface area (Å²) in [5.74, 6) is -0.860. The Hall–Kier alpha value is -1.49. The van der Waals surface area contributed by atoms with Gasteiger partial charge in [-0.05, 0) is 18.9 Å². The predicted octanol–water partition coefficient (Wildman–Crippen LogP) is 1.50. The molecule has 1 aromatic heterocycles. The van der Waals surface area contributed by atoms with Crippen molar-refractivity contribution in [1.29, 1.82) is 0 Å². The number of hydrogen-bond acceptors (Lipinski definition) is 3. The number of pyridine rings is 1. The molecule has 4 nitrogen and oxygen atoms in total. The second-order valence-electron chi connectivity index (χ2n) is 4.67. The van der Waals surface area contributed by atoms with Crippen LogP contribution in [-0.2, 0) is 0 Å². The molecule has 0 aromatic carbocycles. The summed E-state index contributed by atoms with van der Waals surface area (Å²) in [6.07, 6.45) is 5.19. The lowest BCUT2D eigenvalue weighted by atomic mass is 9.85. The second-order valence-corrected chi connectivity index (χ2v) is 4.67. The summed E-state index contributed by atoms with van der Waals surface area (Å²) in [6, 6.07) is 2.58. The van der Waals surface area contributed by atoms with E-state index < -0.39 is 5.95 Å². The quantitative estimate of drug-likeness (QED) is 0.801. The zero-order valence-corrected chi connectivity index (χ0v) is 10.1. The van der Waals surface area contributed by atoms with Gasteiger partial charge < -0.3 is 10.4 Å². The van der Waals surface area contributed by atoms with E-state index in [1.807, 2.05) is 0 Å². The van der Waals surface area contributed by atoms with E-state index in [2.05, 4.69) is 10.3 Å². The molecule has 2 N–H and O–H groups in total. The average molecular weight is 252 g/mol. The first kappa shape index (κ1) is 13.0. The molecule has 2 rings (SSSR count). The van der Waals surface area contributed by atoms with Crippen LogP contribution in [0.5, 0.6) is 0 Å². The smallest absolute Gasteiger partial charge is 0.251 e. The summed E-state index contributed by atoms with van der Waals surface area (Å²) in [5, 5.41) is 12.1. The highest BCUT2D eigenvalue weighted by Crippen LogP contribution is 2.24. The van der Waals surface area contributed by atoms with Crippen molar-refractivity contribution in [1.82, 2.24) is 10.3 Å². The molecule has 1 saturated carbocycles. The minimum Gasteiger partial charge on any atom is -0.396 e. The lowest BCUT2D eigenvalue weighted by Gasteiger charge is -2.30. The summed E-state index contributed by atoms with van der Waals surface area (Å²) in [7, 11) is 0. The molecule has 5 heteroatoms. The van der Waals surface area contributed by atoms with Crippen LogP contribution in [0, 0.1) is 11.9 Å². The zero-order chi connectivity index (χ0) is 13.0. The van der Waals surface area contributed by atoms with E-state index in [-0.39, 0.29) is 30.0 Å². The fraction of sp³-hybridized carbons (Fsp3) is 0.538. The van der Waals surface area contributed by atoms with E-state index in [1.165, 1.54) is 12.3 Å². The van der Waals surface area contributed by atoms with Gasteiger partial charge in [0.1, 0.15) is 0 Å². The van der Waals surface area contributed by atoms with Gasteiger partial charge in [0.2, 0.25) is 5.95 Å². The van der Waals surface area contributed by atoms with E-state index >= 15 is 0 Å². The van der Waals surface area contributed by atoms with Crippen molar-refractivity contribution < 1.29 is 14.3 Å². The molecule has 1 fully saturated rings. The summed E-state index contributed by atoms with van der Waals surface area (Å²) >= 11 is 0. The van der Waals surface area contributed by atoms with Gasteiger partial charge >= 0.3 is 0 Å². The van der Waals surface area contributed by atoms with E-state index in [0.717, 1.165) is 31.7 Å². The van der Waals surface area contributed by atoms with Crippen LogP contribution in [0.25, 0.3) is 0 Å². The molecule has 1 aliphatic carbocycles. The van der Waals surface area contributed by atoms with Crippen LogP contribution < -0.4 is 5.32 Å². The highest BCUT2D eigenvalue weighted by molar-refractivity contribution is 5.94. The minimum absolute atomic E-state index is 0.0209. The number of carbonyl (C=O) groups is 1. The third kappa shape index (κ3) is 3.04. The molecular formula is C13H17FN2O2. The molecule has 1 aliphatic rings. The first-order valence-electron chi connectivity index (χ1n) is 6.24. The molecule has 0 bridgehead atoms. The van der Waals surface area contributed by atoms with Crippen LogP contribution >= 0.6 is 0 Å².